The molecule has 1 aliphatic heterocycles. The molecule has 0 unspecified atom stereocenters. The van der Waals surface area contributed by atoms with Crippen molar-refractivity contribution in [1.82, 2.24) is 4.57 Å². The van der Waals surface area contributed by atoms with Gasteiger partial charge in [-0.25, -0.2) is 0 Å². The number of thiazole rings is 1. The monoisotopic (exact) mass is 317 g/mol. The fourth-order valence-electron chi connectivity index (χ4n) is 2.65. The summed E-state index contributed by atoms with van der Waals surface area (Å²) < 4.78 is 1.50. The minimum atomic E-state index is -0.228. The molecule has 1 aromatic carbocycles. The number of carbonyl (C=O) groups excluding carboxylic acids is 1. The molecule has 5 nitrogen and oxygen atoms in total. The minimum Gasteiger partial charge on any atom is -0.372 e. The van der Waals surface area contributed by atoms with Gasteiger partial charge >= 0.3 is 4.87 Å². The Hall–Kier alpha value is -2.08. The Labute approximate surface area is 133 Å². The summed E-state index contributed by atoms with van der Waals surface area (Å²) >= 11 is 0.979. The summed E-state index contributed by atoms with van der Waals surface area (Å²) in [5.41, 5.74) is 2.63. The first-order chi connectivity index (χ1) is 10.6. The van der Waals surface area contributed by atoms with E-state index in [1.165, 1.54) is 23.1 Å². The molecule has 1 aromatic heterocycles. The van der Waals surface area contributed by atoms with Gasteiger partial charge in [0.05, 0.1) is 0 Å². The number of rotatable bonds is 3. The number of benzene rings is 1. The summed E-state index contributed by atoms with van der Waals surface area (Å²) in [4.78, 5) is 26.6. The second-order valence-electron chi connectivity index (χ2n) is 5.54. The fraction of sp³-hybridized carbons (Fsp3) is 0.375. The van der Waals surface area contributed by atoms with Gasteiger partial charge in [-0.3, -0.25) is 9.59 Å². The largest absolute Gasteiger partial charge is 0.372 e. The number of amides is 1. The van der Waals surface area contributed by atoms with Crippen molar-refractivity contribution in [2.75, 3.05) is 23.3 Å². The van der Waals surface area contributed by atoms with Gasteiger partial charge in [0, 0.05) is 37.2 Å². The molecule has 116 valence electrons. The molecule has 1 N–H and O–H groups in total. The van der Waals surface area contributed by atoms with Gasteiger partial charge in [-0.2, -0.15) is 0 Å². The van der Waals surface area contributed by atoms with Gasteiger partial charge in [0.25, 0.3) is 5.91 Å². The first-order valence-corrected chi connectivity index (χ1v) is 8.20. The van der Waals surface area contributed by atoms with Crippen LogP contribution in [0.25, 0.3) is 0 Å². The third-order valence-corrected chi connectivity index (χ3v) is 5.23. The third-order valence-electron chi connectivity index (χ3n) is 4.10. The highest BCUT2D eigenvalue weighted by atomic mass is 32.1. The Bertz CT molecular complexity index is 740. The van der Waals surface area contributed by atoms with Crippen molar-refractivity contribution in [3.8, 4) is 0 Å². The molecule has 0 radical (unpaired) electrons. The van der Waals surface area contributed by atoms with Crippen LogP contribution in [0.15, 0.2) is 29.1 Å². The predicted octanol–water partition coefficient (Wildman–Crippen LogP) is 2.61. The van der Waals surface area contributed by atoms with Crippen LogP contribution in [0.1, 0.15) is 28.2 Å². The number of carbonyl (C=O) groups is 1. The summed E-state index contributed by atoms with van der Waals surface area (Å²) in [6, 6.07) is 7.88. The molecule has 22 heavy (non-hydrogen) atoms. The maximum absolute atomic E-state index is 12.3. The van der Waals surface area contributed by atoms with E-state index < -0.39 is 0 Å². The Morgan fingerprint density at radius 1 is 1.18 bits per heavy atom. The molecule has 0 bridgehead atoms. The van der Waals surface area contributed by atoms with E-state index >= 15 is 0 Å². The SMILES string of the molecule is Cc1c(C(=O)Nc2ccc(N3CCCC3)cc2)sc(=O)n1C. The predicted molar refractivity (Wildman–Crippen MR) is 90.1 cm³/mol. The number of nitrogens with zero attached hydrogens (tertiary/aromatic N) is 2. The first kappa shape index (κ1) is 14.8. The molecule has 1 amide bonds. The van der Waals surface area contributed by atoms with Crippen LogP contribution in [-0.4, -0.2) is 23.6 Å². The highest BCUT2D eigenvalue weighted by Gasteiger charge is 2.16. The summed E-state index contributed by atoms with van der Waals surface area (Å²) in [6.45, 7) is 3.98. The number of hydrogen-bond donors (Lipinski definition) is 1. The van der Waals surface area contributed by atoms with Crippen molar-refractivity contribution in [1.29, 1.82) is 0 Å². The minimum absolute atomic E-state index is 0.118. The third kappa shape index (κ3) is 2.78. The van der Waals surface area contributed by atoms with Crippen molar-refractivity contribution >= 4 is 28.6 Å². The van der Waals surface area contributed by atoms with E-state index in [1.807, 2.05) is 24.3 Å². The summed E-state index contributed by atoms with van der Waals surface area (Å²) in [5, 5.41) is 2.86. The molecule has 0 spiro atoms. The molecule has 2 heterocycles. The van der Waals surface area contributed by atoms with E-state index in [9.17, 15) is 9.59 Å². The van der Waals surface area contributed by atoms with Crippen LogP contribution in [0, 0.1) is 6.92 Å². The van der Waals surface area contributed by atoms with E-state index in [2.05, 4.69) is 10.2 Å². The van der Waals surface area contributed by atoms with E-state index in [1.54, 1.807) is 14.0 Å². The van der Waals surface area contributed by atoms with Crippen LogP contribution in [0.4, 0.5) is 11.4 Å². The van der Waals surface area contributed by atoms with E-state index in [0.29, 0.717) is 10.6 Å². The molecule has 3 rings (SSSR count). The molecule has 0 aliphatic carbocycles. The molecule has 1 aliphatic rings. The van der Waals surface area contributed by atoms with Gasteiger partial charge in [0.15, 0.2) is 0 Å². The maximum Gasteiger partial charge on any atom is 0.307 e. The fourth-order valence-corrected chi connectivity index (χ4v) is 3.53. The van der Waals surface area contributed by atoms with Crippen LogP contribution in [0.3, 0.4) is 0 Å². The van der Waals surface area contributed by atoms with Crippen LogP contribution in [-0.2, 0) is 7.05 Å². The normalized spacial score (nSPS) is 14.4. The molecule has 0 atom stereocenters. The average Bonchev–Trinajstić information content (AvgIpc) is 3.13. The van der Waals surface area contributed by atoms with Crippen molar-refractivity contribution in [2.45, 2.75) is 19.8 Å². The van der Waals surface area contributed by atoms with Gasteiger partial charge in [-0.05, 0) is 44.0 Å². The van der Waals surface area contributed by atoms with E-state index in [4.69, 9.17) is 0 Å². The molecule has 6 heteroatoms. The van der Waals surface area contributed by atoms with Crippen molar-refractivity contribution in [3.05, 3.63) is 44.5 Å². The van der Waals surface area contributed by atoms with Gasteiger partial charge in [0.1, 0.15) is 4.88 Å². The average molecular weight is 317 g/mol. The molecule has 1 saturated heterocycles. The Kier molecular flexibility index (Phi) is 4.02. The zero-order valence-electron chi connectivity index (χ0n) is 12.8. The maximum atomic E-state index is 12.3. The number of aromatic nitrogens is 1. The quantitative estimate of drug-likeness (QED) is 0.947. The lowest BCUT2D eigenvalue weighted by Gasteiger charge is -2.17. The highest BCUT2D eigenvalue weighted by Crippen LogP contribution is 2.22. The van der Waals surface area contributed by atoms with Crippen LogP contribution in [0.2, 0.25) is 0 Å². The first-order valence-electron chi connectivity index (χ1n) is 7.39. The van der Waals surface area contributed by atoms with Crippen molar-refractivity contribution in [3.63, 3.8) is 0 Å². The van der Waals surface area contributed by atoms with E-state index in [-0.39, 0.29) is 10.8 Å². The van der Waals surface area contributed by atoms with Crippen LogP contribution < -0.4 is 15.1 Å². The zero-order valence-corrected chi connectivity index (χ0v) is 13.6. The molecule has 2 aromatic rings. The highest BCUT2D eigenvalue weighted by molar-refractivity contribution is 7.11. The van der Waals surface area contributed by atoms with Crippen molar-refractivity contribution < 1.29 is 4.79 Å². The Morgan fingerprint density at radius 2 is 1.82 bits per heavy atom. The molecule has 0 saturated carbocycles. The van der Waals surface area contributed by atoms with Gasteiger partial charge in [-0.1, -0.05) is 11.3 Å². The zero-order chi connectivity index (χ0) is 15.7. The summed E-state index contributed by atoms with van der Waals surface area (Å²) in [5.74, 6) is -0.228. The van der Waals surface area contributed by atoms with Gasteiger partial charge < -0.3 is 14.8 Å². The second kappa shape index (κ2) is 5.96. The molecular weight excluding hydrogens is 298 g/mol. The lowest BCUT2D eigenvalue weighted by molar-refractivity contribution is 0.102. The topological polar surface area (TPSA) is 54.3 Å². The van der Waals surface area contributed by atoms with Crippen LogP contribution >= 0.6 is 11.3 Å². The van der Waals surface area contributed by atoms with Gasteiger partial charge in [0.2, 0.25) is 0 Å². The lowest BCUT2D eigenvalue weighted by Crippen LogP contribution is -2.17. The number of nitrogens with one attached hydrogen (secondary N) is 1. The lowest BCUT2D eigenvalue weighted by atomic mass is 10.2. The van der Waals surface area contributed by atoms with Crippen molar-refractivity contribution in [2.24, 2.45) is 7.05 Å². The molecule has 1 fully saturated rings. The van der Waals surface area contributed by atoms with Gasteiger partial charge in [-0.15, -0.1) is 0 Å². The number of anilines is 2. The van der Waals surface area contributed by atoms with Crippen LogP contribution in [0.5, 0.6) is 0 Å². The summed E-state index contributed by atoms with van der Waals surface area (Å²) in [7, 11) is 1.68. The summed E-state index contributed by atoms with van der Waals surface area (Å²) in [6.07, 6.45) is 2.48. The standard InChI is InChI=1S/C16H19N3O2S/c1-11-14(22-16(21)18(11)2)15(20)17-12-5-7-13(8-6-12)19-9-3-4-10-19/h5-8H,3-4,9-10H2,1-2H3,(H,17,20). The van der Waals surface area contributed by atoms with E-state index in [0.717, 1.165) is 30.1 Å². The Balaban J connectivity index is 1.73. The Morgan fingerprint density at radius 3 is 2.36 bits per heavy atom. The second-order valence-corrected chi connectivity index (χ2v) is 6.50. The molecular formula is C16H19N3O2S. The number of hydrogen-bond acceptors (Lipinski definition) is 4. The smallest absolute Gasteiger partial charge is 0.307 e.